The minimum Gasteiger partial charge on any atom is -0.495 e. The number of pyridine rings is 1. The summed E-state index contributed by atoms with van der Waals surface area (Å²) in [5.41, 5.74) is 5.10. The smallest absolute Gasteiger partial charge is 0.274 e. The molecule has 5 heteroatoms. The van der Waals surface area contributed by atoms with Crippen molar-refractivity contribution in [3.63, 3.8) is 0 Å². The van der Waals surface area contributed by atoms with Crippen molar-refractivity contribution in [3.05, 3.63) is 77.6 Å². The van der Waals surface area contributed by atoms with Crippen LogP contribution in [0.2, 0.25) is 0 Å². The maximum atomic E-state index is 12.4. The van der Waals surface area contributed by atoms with Crippen molar-refractivity contribution < 1.29 is 9.53 Å². The second-order valence-electron chi connectivity index (χ2n) is 6.27. The largest absolute Gasteiger partial charge is 0.495 e. The van der Waals surface area contributed by atoms with Crippen molar-refractivity contribution in [2.24, 2.45) is 0 Å². The van der Waals surface area contributed by atoms with Crippen LogP contribution in [0.3, 0.4) is 0 Å². The van der Waals surface area contributed by atoms with E-state index in [4.69, 9.17) is 4.74 Å². The number of hydrogen-bond donors (Lipinski definition) is 2. The number of amides is 1. The van der Waals surface area contributed by atoms with E-state index in [9.17, 15) is 4.79 Å². The van der Waals surface area contributed by atoms with E-state index < -0.39 is 0 Å². The molecule has 3 aromatic rings. The van der Waals surface area contributed by atoms with Gasteiger partial charge in [-0.15, -0.1) is 0 Å². The van der Waals surface area contributed by atoms with E-state index in [1.54, 1.807) is 19.4 Å². The summed E-state index contributed by atoms with van der Waals surface area (Å²) in [4.78, 5) is 16.6. The summed E-state index contributed by atoms with van der Waals surface area (Å²) in [6.07, 6.45) is 2.60. The van der Waals surface area contributed by atoms with Crippen LogP contribution in [-0.4, -0.2) is 18.0 Å². The lowest BCUT2D eigenvalue weighted by Gasteiger charge is -2.12. The van der Waals surface area contributed by atoms with Crippen molar-refractivity contribution in [1.82, 2.24) is 4.98 Å². The molecule has 0 unspecified atom stereocenters. The highest BCUT2D eigenvalue weighted by Crippen LogP contribution is 2.28. The molecule has 0 aliphatic rings. The zero-order valence-corrected chi connectivity index (χ0v) is 15.7. The molecule has 0 radical (unpaired) electrons. The van der Waals surface area contributed by atoms with E-state index in [0.29, 0.717) is 5.69 Å². The van der Waals surface area contributed by atoms with Crippen LogP contribution in [0.15, 0.2) is 60.8 Å². The number of rotatable bonds is 6. The maximum Gasteiger partial charge on any atom is 0.274 e. The Morgan fingerprint density at radius 2 is 1.78 bits per heavy atom. The van der Waals surface area contributed by atoms with Crippen LogP contribution in [0.5, 0.6) is 5.75 Å². The molecule has 0 aliphatic heterocycles. The third-order valence-electron chi connectivity index (χ3n) is 4.25. The summed E-state index contributed by atoms with van der Waals surface area (Å²) in [5, 5.41) is 6.14. The number of aromatic nitrogens is 1. The number of anilines is 3. The minimum absolute atomic E-state index is 0.237. The molecule has 0 spiro atoms. The van der Waals surface area contributed by atoms with Gasteiger partial charge in [0.25, 0.3) is 5.91 Å². The Balaban J connectivity index is 1.69. The molecule has 1 amide bonds. The van der Waals surface area contributed by atoms with E-state index in [2.05, 4.69) is 22.5 Å². The van der Waals surface area contributed by atoms with Crippen LogP contribution >= 0.6 is 0 Å². The lowest BCUT2D eigenvalue weighted by Crippen LogP contribution is -2.13. The molecule has 2 aromatic carbocycles. The van der Waals surface area contributed by atoms with Crippen molar-refractivity contribution in [3.8, 4) is 5.75 Å². The maximum absolute atomic E-state index is 12.4. The second kappa shape index (κ2) is 8.36. The van der Waals surface area contributed by atoms with Gasteiger partial charge < -0.3 is 15.4 Å². The van der Waals surface area contributed by atoms with Crippen molar-refractivity contribution in [1.29, 1.82) is 0 Å². The Kier molecular flexibility index (Phi) is 5.71. The highest BCUT2D eigenvalue weighted by molar-refractivity contribution is 6.03. The summed E-state index contributed by atoms with van der Waals surface area (Å²) < 4.78 is 5.37. The summed E-state index contributed by atoms with van der Waals surface area (Å²) in [6, 6.07) is 17.2. The van der Waals surface area contributed by atoms with Gasteiger partial charge in [-0.25, -0.2) is 4.98 Å². The van der Waals surface area contributed by atoms with Gasteiger partial charge in [0.05, 0.1) is 24.7 Å². The molecule has 0 saturated carbocycles. The van der Waals surface area contributed by atoms with Crippen molar-refractivity contribution in [2.45, 2.75) is 20.3 Å². The van der Waals surface area contributed by atoms with Gasteiger partial charge >= 0.3 is 0 Å². The first kappa shape index (κ1) is 18.5. The minimum atomic E-state index is -0.237. The van der Waals surface area contributed by atoms with E-state index in [1.165, 1.54) is 5.56 Å². The van der Waals surface area contributed by atoms with Gasteiger partial charge in [-0.2, -0.15) is 0 Å². The third-order valence-corrected chi connectivity index (χ3v) is 4.25. The molecule has 0 bridgehead atoms. The predicted octanol–water partition coefficient (Wildman–Crippen LogP) is 4.96. The first-order valence-electron chi connectivity index (χ1n) is 8.87. The molecule has 1 aromatic heterocycles. The number of methoxy groups -OCH3 is 1. The van der Waals surface area contributed by atoms with Gasteiger partial charge in [0.2, 0.25) is 0 Å². The number of ether oxygens (including phenoxy) is 1. The monoisotopic (exact) mass is 361 g/mol. The van der Waals surface area contributed by atoms with Crippen LogP contribution < -0.4 is 15.4 Å². The molecule has 2 N–H and O–H groups in total. The molecular formula is C22H23N3O2. The van der Waals surface area contributed by atoms with E-state index >= 15 is 0 Å². The van der Waals surface area contributed by atoms with Crippen LogP contribution in [0, 0.1) is 6.92 Å². The van der Waals surface area contributed by atoms with Gasteiger partial charge in [0.1, 0.15) is 11.4 Å². The number of carbonyl (C=O) groups excluding carboxylic acids is 1. The van der Waals surface area contributed by atoms with Gasteiger partial charge in [0, 0.05) is 5.69 Å². The summed E-state index contributed by atoms with van der Waals surface area (Å²) in [6.45, 7) is 4.11. The Bertz CT molecular complexity index is 919. The summed E-state index contributed by atoms with van der Waals surface area (Å²) >= 11 is 0. The standard InChI is InChI=1S/C22H23N3O2/c1-4-16-6-8-17(9-7-16)25-22(26)19-11-10-18(14-23-19)24-20-13-15(2)5-12-21(20)27-3/h5-14,24H,4H2,1-3H3,(H,25,26). The predicted molar refractivity (Wildman–Crippen MR) is 109 cm³/mol. The fourth-order valence-electron chi connectivity index (χ4n) is 2.70. The Morgan fingerprint density at radius 3 is 2.41 bits per heavy atom. The van der Waals surface area contributed by atoms with Gasteiger partial charge in [0.15, 0.2) is 0 Å². The lowest BCUT2D eigenvalue weighted by atomic mass is 10.1. The van der Waals surface area contributed by atoms with Crippen LogP contribution in [0.25, 0.3) is 0 Å². The number of benzene rings is 2. The molecule has 5 nitrogen and oxygen atoms in total. The Labute approximate surface area is 159 Å². The average molecular weight is 361 g/mol. The molecule has 0 saturated heterocycles. The number of nitrogens with zero attached hydrogens (tertiary/aromatic N) is 1. The van der Waals surface area contributed by atoms with Crippen LogP contribution in [0.4, 0.5) is 17.1 Å². The third kappa shape index (κ3) is 4.64. The van der Waals surface area contributed by atoms with Crippen molar-refractivity contribution >= 4 is 23.0 Å². The highest BCUT2D eigenvalue weighted by atomic mass is 16.5. The number of nitrogens with one attached hydrogen (secondary N) is 2. The molecular weight excluding hydrogens is 338 g/mol. The topological polar surface area (TPSA) is 63.2 Å². The van der Waals surface area contributed by atoms with Crippen LogP contribution in [-0.2, 0) is 6.42 Å². The van der Waals surface area contributed by atoms with E-state index in [-0.39, 0.29) is 5.91 Å². The number of carbonyl (C=O) groups is 1. The van der Waals surface area contributed by atoms with Gasteiger partial charge in [-0.05, 0) is 60.9 Å². The number of hydrogen-bond acceptors (Lipinski definition) is 4. The molecule has 3 rings (SSSR count). The molecule has 0 atom stereocenters. The van der Waals surface area contributed by atoms with E-state index in [1.807, 2.05) is 55.5 Å². The first-order chi connectivity index (χ1) is 13.1. The molecule has 138 valence electrons. The fourth-order valence-corrected chi connectivity index (χ4v) is 2.70. The SMILES string of the molecule is CCc1ccc(NC(=O)c2ccc(Nc3cc(C)ccc3OC)cn2)cc1. The molecule has 0 fully saturated rings. The fraction of sp³-hybridized carbons (Fsp3) is 0.182. The van der Waals surface area contributed by atoms with Crippen molar-refractivity contribution in [2.75, 3.05) is 17.7 Å². The van der Waals surface area contributed by atoms with Gasteiger partial charge in [-0.3, -0.25) is 4.79 Å². The first-order valence-corrected chi connectivity index (χ1v) is 8.87. The quantitative estimate of drug-likeness (QED) is 0.651. The highest BCUT2D eigenvalue weighted by Gasteiger charge is 2.09. The Hall–Kier alpha value is -3.34. The van der Waals surface area contributed by atoms with E-state index in [0.717, 1.165) is 34.8 Å². The van der Waals surface area contributed by atoms with Gasteiger partial charge in [-0.1, -0.05) is 25.1 Å². The summed E-state index contributed by atoms with van der Waals surface area (Å²) in [7, 11) is 1.63. The Morgan fingerprint density at radius 1 is 1.04 bits per heavy atom. The number of aryl methyl sites for hydroxylation is 2. The normalized spacial score (nSPS) is 10.3. The molecule has 27 heavy (non-hydrogen) atoms. The molecule has 0 aliphatic carbocycles. The average Bonchev–Trinajstić information content (AvgIpc) is 2.69. The zero-order valence-electron chi connectivity index (χ0n) is 15.7. The molecule has 1 heterocycles. The second-order valence-corrected chi connectivity index (χ2v) is 6.27. The summed E-state index contributed by atoms with van der Waals surface area (Å²) in [5.74, 6) is 0.511. The van der Waals surface area contributed by atoms with Crippen LogP contribution in [0.1, 0.15) is 28.5 Å². The zero-order chi connectivity index (χ0) is 19.2. The lowest BCUT2D eigenvalue weighted by molar-refractivity contribution is 0.102.